The molecular weight excluding hydrogens is 505 g/mol. The molecule has 1 saturated heterocycles. The van der Waals surface area contributed by atoms with Crippen LogP contribution in [0.1, 0.15) is 61.7 Å². The summed E-state index contributed by atoms with van der Waals surface area (Å²) in [6, 6.07) is 18.0. The minimum absolute atomic E-state index is 0.295. The number of rotatable bonds is 7. The number of nitrogens with zero attached hydrogens (tertiary/aromatic N) is 3. The third kappa shape index (κ3) is 6.01. The molecule has 40 heavy (non-hydrogen) atoms. The summed E-state index contributed by atoms with van der Waals surface area (Å²) in [4.78, 5) is 24.4. The number of aromatic nitrogens is 2. The van der Waals surface area contributed by atoms with Crippen LogP contribution < -0.4 is 20.3 Å². The summed E-state index contributed by atoms with van der Waals surface area (Å²) < 4.78 is 20.7. The fourth-order valence-corrected chi connectivity index (χ4v) is 5.71. The number of ether oxygens (including phenoxy) is 1. The first kappa shape index (κ1) is 26.0. The maximum atomic E-state index is 14.5. The normalized spacial score (nSPS) is 16.1. The maximum absolute atomic E-state index is 14.5. The van der Waals surface area contributed by atoms with Crippen LogP contribution in [0.5, 0.6) is 11.6 Å². The van der Waals surface area contributed by atoms with Crippen molar-refractivity contribution in [1.82, 2.24) is 9.97 Å². The van der Waals surface area contributed by atoms with Gasteiger partial charge in [-0.3, -0.25) is 4.79 Å². The van der Waals surface area contributed by atoms with Gasteiger partial charge < -0.3 is 20.3 Å². The van der Waals surface area contributed by atoms with Gasteiger partial charge in [0.1, 0.15) is 11.6 Å². The molecule has 7 nitrogen and oxygen atoms in total. The van der Waals surface area contributed by atoms with Crippen LogP contribution in [-0.4, -0.2) is 35.0 Å². The van der Waals surface area contributed by atoms with E-state index in [1.807, 2.05) is 36.4 Å². The second kappa shape index (κ2) is 11.9. The van der Waals surface area contributed by atoms with Gasteiger partial charge in [-0.15, -0.1) is 0 Å². The highest BCUT2D eigenvalue weighted by molar-refractivity contribution is 6.10. The van der Waals surface area contributed by atoms with Crippen LogP contribution in [0.15, 0.2) is 66.9 Å². The van der Waals surface area contributed by atoms with Gasteiger partial charge in [-0.05, 0) is 62.4 Å². The zero-order valence-corrected chi connectivity index (χ0v) is 22.5. The Morgan fingerprint density at radius 1 is 0.900 bits per heavy atom. The number of anilines is 3. The van der Waals surface area contributed by atoms with Crippen LogP contribution in [0.3, 0.4) is 0 Å². The topological polar surface area (TPSA) is 79.4 Å². The van der Waals surface area contributed by atoms with Crippen molar-refractivity contribution in [2.45, 2.75) is 57.4 Å². The van der Waals surface area contributed by atoms with Crippen LogP contribution in [-0.2, 0) is 0 Å². The lowest BCUT2D eigenvalue weighted by molar-refractivity contribution is 0.102. The van der Waals surface area contributed by atoms with E-state index < -0.39 is 5.82 Å². The van der Waals surface area contributed by atoms with E-state index >= 15 is 0 Å². The SMILES string of the molecule is O=C(Nc1ccc(Oc2ccnc(NC3CCCCC3)n2)c2ccccc12)c1cc(F)cc(N2CCCCC2)c1. The van der Waals surface area contributed by atoms with E-state index in [1.54, 1.807) is 18.3 Å². The average Bonchev–Trinajstić information content (AvgIpc) is 2.99. The lowest BCUT2D eigenvalue weighted by Gasteiger charge is -2.29. The highest BCUT2D eigenvalue weighted by Crippen LogP contribution is 2.35. The third-order valence-electron chi connectivity index (χ3n) is 7.78. The molecule has 6 rings (SSSR count). The lowest BCUT2D eigenvalue weighted by atomic mass is 9.96. The first-order valence-corrected chi connectivity index (χ1v) is 14.3. The molecule has 2 heterocycles. The molecule has 0 radical (unpaired) electrons. The molecule has 2 aliphatic rings. The number of piperidine rings is 1. The zero-order chi connectivity index (χ0) is 27.3. The Labute approximate surface area is 233 Å². The van der Waals surface area contributed by atoms with E-state index in [2.05, 4.69) is 25.5 Å². The van der Waals surface area contributed by atoms with Gasteiger partial charge >= 0.3 is 0 Å². The van der Waals surface area contributed by atoms with Crippen molar-refractivity contribution in [3.63, 3.8) is 0 Å². The van der Waals surface area contributed by atoms with Crippen LogP contribution in [0, 0.1) is 5.82 Å². The minimum atomic E-state index is -0.413. The molecule has 1 aliphatic carbocycles. The standard InChI is InChI=1S/C32H34FN5O2/c33-23-19-22(20-25(21-23)38-17-7-2-8-18-38)31(39)36-28-13-14-29(27-12-6-5-11-26(27)28)40-30-15-16-34-32(37-30)35-24-9-3-1-4-10-24/h5-6,11-16,19-21,24H,1-4,7-10,17-18H2,(H,36,39)(H,34,35,37). The summed E-state index contributed by atoms with van der Waals surface area (Å²) in [6.07, 6.45) is 11.0. The summed E-state index contributed by atoms with van der Waals surface area (Å²) in [5.74, 6) is 0.862. The van der Waals surface area contributed by atoms with Gasteiger partial charge in [-0.25, -0.2) is 9.37 Å². The van der Waals surface area contributed by atoms with Crippen molar-refractivity contribution >= 4 is 34.0 Å². The average molecular weight is 540 g/mol. The molecule has 4 aromatic rings. The van der Waals surface area contributed by atoms with Crippen molar-refractivity contribution in [2.75, 3.05) is 28.6 Å². The monoisotopic (exact) mass is 539 g/mol. The summed E-state index contributed by atoms with van der Waals surface area (Å²) in [5.41, 5.74) is 1.67. The Morgan fingerprint density at radius 2 is 1.68 bits per heavy atom. The van der Waals surface area contributed by atoms with Crippen LogP contribution in [0.2, 0.25) is 0 Å². The van der Waals surface area contributed by atoms with Gasteiger partial charge in [-0.1, -0.05) is 43.5 Å². The predicted molar refractivity (Wildman–Crippen MR) is 157 cm³/mol. The van der Waals surface area contributed by atoms with Crippen molar-refractivity contribution < 1.29 is 13.9 Å². The van der Waals surface area contributed by atoms with Crippen LogP contribution >= 0.6 is 0 Å². The molecule has 206 valence electrons. The highest BCUT2D eigenvalue weighted by Gasteiger charge is 2.18. The molecule has 0 bridgehead atoms. The van der Waals surface area contributed by atoms with Gasteiger partial charge in [0.15, 0.2) is 0 Å². The van der Waals surface area contributed by atoms with Crippen molar-refractivity contribution in [3.05, 3.63) is 78.2 Å². The first-order chi connectivity index (χ1) is 19.6. The highest BCUT2D eigenvalue weighted by atomic mass is 19.1. The van der Waals surface area contributed by atoms with Crippen molar-refractivity contribution in [1.29, 1.82) is 0 Å². The molecule has 1 amide bonds. The second-order valence-electron chi connectivity index (χ2n) is 10.7. The molecule has 0 unspecified atom stereocenters. The molecule has 2 N–H and O–H groups in total. The minimum Gasteiger partial charge on any atom is -0.438 e. The molecule has 2 fully saturated rings. The fraction of sp³-hybridized carbons (Fsp3) is 0.344. The number of hydrogen-bond donors (Lipinski definition) is 2. The summed E-state index contributed by atoms with van der Waals surface area (Å²) in [5, 5.41) is 8.07. The van der Waals surface area contributed by atoms with Gasteiger partial charge in [-0.2, -0.15) is 4.98 Å². The molecule has 1 saturated carbocycles. The van der Waals surface area contributed by atoms with Crippen LogP contribution in [0.4, 0.5) is 21.7 Å². The van der Waals surface area contributed by atoms with Gasteiger partial charge in [0.05, 0.1) is 0 Å². The van der Waals surface area contributed by atoms with Crippen molar-refractivity contribution in [2.24, 2.45) is 0 Å². The zero-order valence-electron chi connectivity index (χ0n) is 22.5. The van der Waals surface area contributed by atoms with E-state index in [1.165, 1.54) is 37.8 Å². The van der Waals surface area contributed by atoms with Gasteiger partial charge in [0, 0.05) is 59.1 Å². The fourth-order valence-electron chi connectivity index (χ4n) is 5.71. The smallest absolute Gasteiger partial charge is 0.255 e. The number of benzene rings is 3. The van der Waals surface area contributed by atoms with E-state index in [4.69, 9.17) is 4.74 Å². The second-order valence-corrected chi connectivity index (χ2v) is 10.7. The molecule has 1 aromatic heterocycles. The number of amides is 1. The number of hydrogen-bond acceptors (Lipinski definition) is 6. The summed E-state index contributed by atoms with van der Waals surface area (Å²) in [6.45, 7) is 1.75. The quantitative estimate of drug-likeness (QED) is 0.252. The summed E-state index contributed by atoms with van der Waals surface area (Å²) >= 11 is 0. The van der Waals surface area contributed by atoms with Gasteiger partial charge in [0.25, 0.3) is 5.91 Å². The molecule has 1 aliphatic heterocycles. The van der Waals surface area contributed by atoms with E-state index in [0.29, 0.717) is 34.9 Å². The Hall–Kier alpha value is -4.20. The number of carbonyl (C=O) groups is 1. The molecular formula is C32H34FN5O2. The largest absolute Gasteiger partial charge is 0.438 e. The lowest BCUT2D eigenvalue weighted by Crippen LogP contribution is -2.29. The molecule has 8 heteroatoms. The maximum Gasteiger partial charge on any atom is 0.255 e. The molecule has 0 spiro atoms. The Bertz CT molecular complexity index is 1500. The molecule has 0 atom stereocenters. The van der Waals surface area contributed by atoms with Gasteiger partial charge in [0.2, 0.25) is 11.8 Å². The number of fused-ring (bicyclic) bond motifs is 1. The van der Waals surface area contributed by atoms with Crippen LogP contribution in [0.25, 0.3) is 10.8 Å². The van der Waals surface area contributed by atoms with E-state index in [-0.39, 0.29) is 5.91 Å². The summed E-state index contributed by atoms with van der Waals surface area (Å²) in [7, 11) is 0. The van der Waals surface area contributed by atoms with Crippen molar-refractivity contribution in [3.8, 4) is 11.6 Å². The third-order valence-corrected chi connectivity index (χ3v) is 7.78. The van der Waals surface area contributed by atoms with E-state index in [0.717, 1.165) is 55.2 Å². The Balaban J connectivity index is 1.22. The predicted octanol–water partition coefficient (Wildman–Crippen LogP) is 7.55. The first-order valence-electron chi connectivity index (χ1n) is 14.3. The Morgan fingerprint density at radius 3 is 2.50 bits per heavy atom. The Kier molecular flexibility index (Phi) is 7.75. The van der Waals surface area contributed by atoms with E-state index in [9.17, 15) is 9.18 Å². The number of nitrogens with one attached hydrogen (secondary N) is 2. The number of carbonyl (C=O) groups excluding carboxylic acids is 1. The molecule has 3 aromatic carbocycles. The number of halogens is 1.